The Bertz CT molecular complexity index is 404. The second-order valence-electron chi connectivity index (χ2n) is 5.40. The van der Waals surface area contributed by atoms with Crippen LogP contribution in [-0.2, 0) is 13.0 Å². The van der Waals surface area contributed by atoms with Crippen molar-refractivity contribution in [2.45, 2.75) is 65.3 Å². The van der Waals surface area contributed by atoms with Crippen molar-refractivity contribution in [2.24, 2.45) is 0 Å². The van der Waals surface area contributed by atoms with Gasteiger partial charge < -0.3 is 5.32 Å². The van der Waals surface area contributed by atoms with Crippen LogP contribution in [-0.4, -0.2) is 33.4 Å². The van der Waals surface area contributed by atoms with Crippen LogP contribution < -0.4 is 5.32 Å². The number of thioether (sulfide) groups is 1. The molecule has 1 N–H and O–H groups in total. The number of aromatic nitrogens is 2. The largest absolute Gasteiger partial charge is 0.313 e. The summed E-state index contributed by atoms with van der Waals surface area (Å²) < 4.78 is 2.04. The van der Waals surface area contributed by atoms with Crippen molar-refractivity contribution in [3.05, 3.63) is 16.4 Å². The van der Waals surface area contributed by atoms with Crippen molar-refractivity contribution in [1.82, 2.24) is 15.1 Å². The molecule has 0 amide bonds. The van der Waals surface area contributed by atoms with Crippen LogP contribution in [0.1, 0.15) is 45.5 Å². The van der Waals surface area contributed by atoms with E-state index < -0.39 is 0 Å². The third kappa shape index (κ3) is 5.30. The minimum atomic E-state index is 0.459. The van der Waals surface area contributed by atoms with Crippen molar-refractivity contribution < 1.29 is 0 Å². The maximum absolute atomic E-state index is 6.42. The van der Waals surface area contributed by atoms with E-state index in [1.54, 1.807) is 0 Å². The zero-order chi connectivity index (χ0) is 15.1. The molecule has 0 aliphatic rings. The molecule has 0 aliphatic heterocycles. The molecule has 5 heteroatoms. The maximum Gasteiger partial charge on any atom is 0.0847 e. The van der Waals surface area contributed by atoms with Gasteiger partial charge in [-0.15, -0.1) is 0 Å². The van der Waals surface area contributed by atoms with Crippen LogP contribution >= 0.6 is 23.4 Å². The summed E-state index contributed by atoms with van der Waals surface area (Å²) in [6, 6.07) is 0.459. The van der Waals surface area contributed by atoms with E-state index in [2.05, 4.69) is 38.1 Å². The van der Waals surface area contributed by atoms with Gasteiger partial charge in [-0.3, -0.25) is 4.68 Å². The van der Waals surface area contributed by atoms with E-state index in [0.717, 1.165) is 42.4 Å². The van der Waals surface area contributed by atoms with Crippen molar-refractivity contribution in [1.29, 1.82) is 0 Å². The summed E-state index contributed by atoms with van der Waals surface area (Å²) in [5, 5.41) is 9.65. The van der Waals surface area contributed by atoms with E-state index in [-0.39, 0.29) is 0 Å². The van der Waals surface area contributed by atoms with Crippen LogP contribution in [0.4, 0.5) is 0 Å². The van der Waals surface area contributed by atoms with Crippen molar-refractivity contribution in [2.75, 3.05) is 12.3 Å². The van der Waals surface area contributed by atoms with Gasteiger partial charge >= 0.3 is 0 Å². The minimum Gasteiger partial charge on any atom is -0.313 e. The van der Waals surface area contributed by atoms with Crippen LogP contribution in [0.25, 0.3) is 0 Å². The van der Waals surface area contributed by atoms with Gasteiger partial charge in [-0.1, -0.05) is 32.4 Å². The molecule has 0 saturated heterocycles. The molecule has 116 valence electrons. The highest BCUT2D eigenvalue weighted by atomic mass is 35.5. The lowest BCUT2D eigenvalue weighted by atomic mass is 10.1. The molecule has 1 aromatic rings. The summed E-state index contributed by atoms with van der Waals surface area (Å²) in [6.45, 7) is 12.7. The number of hydrogen-bond donors (Lipinski definition) is 1. The molecule has 0 fully saturated rings. The number of nitrogens with one attached hydrogen (secondary N) is 1. The van der Waals surface area contributed by atoms with Crippen LogP contribution in [0.5, 0.6) is 0 Å². The molecule has 0 aliphatic carbocycles. The van der Waals surface area contributed by atoms with Gasteiger partial charge in [0.15, 0.2) is 0 Å². The van der Waals surface area contributed by atoms with Gasteiger partial charge in [0, 0.05) is 24.8 Å². The summed E-state index contributed by atoms with van der Waals surface area (Å²) in [5.41, 5.74) is 2.11. The van der Waals surface area contributed by atoms with Gasteiger partial charge in [-0.25, -0.2) is 0 Å². The Hall–Kier alpha value is -0.190. The molecule has 20 heavy (non-hydrogen) atoms. The van der Waals surface area contributed by atoms with Gasteiger partial charge in [0.2, 0.25) is 0 Å². The first-order chi connectivity index (χ1) is 9.49. The highest BCUT2D eigenvalue weighted by Gasteiger charge is 2.18. The molecule has 0 spiro atoms. The predicted octanol–water partition coefficient (Wildman–Crippen LogP) is 3.92. The first-order valence-electron chi connectivity index (χ1n) is 7.56. The summed E-state index contributed by atoms with van der Waals surface area (Å²) in [6.07, 6.45) is 2.11. The van der Waals surface area contributed by atoms with Crippen molar-refractivity contribution in [3.63, 3.8) is 0 Å². The summed E-state index contributed by atoms with van der Waals surface area (Å²) in [5.74, 6) is 1.11. The van der Waals surface area contributed by atoms with Crippen LogP contribution in [0.2, 0.25) is 5.02 Å². The number of aryl methyl sites for hydroxylation is 2. The van der Waals surface area contributed by atoms with Gasteiger partial charge in [0.25, 0.3) is 0 Å². The predicted molar refractivity (Wildman–Crippen MR) is 91.0 cm³/mol. The summed E-state index contributed by atoms with van der Waals surface area (Å²) >= 11 is 8.42. The zero-order valence-corrected chi connectivity index (χ0v) is 14.9. The van der Waals surface area contributed by atoms with Crippen molar-refractivity contribution in [3.8, 4) is 0 Å². The highest BCUT2D eigenvalue weighted by Crippen LogP contribution is 2.23. The SMILES string of the molecule is CCCNC(CSC(C)C)Cc1c(Cl)c(C)nn1CC. The lowest BCUT2D eigenvalue weighted by Gasteiger charge is -2.20. The zero-order valence-electron chi connectivity index (χ0n) is 13.4. The van der Waals surface area contributed by atoms with Crippen LogP contribution in [0.3, 0.4) is 0 Å². The molecule has 1 unspecified atom stereocenters. The van der Waals surface area contributed by atoms with E-state index in [1.165, 1.54) is 5.69 Å². The fraction of sp³-hybridized carbons (Fsp3) is 0.800. The van der Waals surface area contributed by atoms with Crippen molar-refractivity contribution >= 4 is 23.4 Å². The third-order valence-electron chi connectivity index (χ3n) is 3.21. The fourth-order valence-corrected chi connectivity index (χ4v) is 3.21. The molecule has 0 radical (unpaired) electrons. The third-order valence-corrected chi connectivity index (χ3v) is 4.96. The van der Waals surface area contributed by atoms with Gasteiger partial charge in [0.1, 0.15) is 0 Å². The Morgan fingerprint density at radius 1 is 1.35 bits per heavy atom. The van der Waals surface area contributed by atoms with E-state index in [0.29, 0.717) is 11.3 Å². The first-order valence-corrected chi connectivity index (χ1v) is 8.98. The lowest BCUT2D eigenvalue weighted by molar-refractivity contribution is 0.519. The van der Waals surface area contributed by atoms with Crippen LogP contribution in [0, 0.1) is 6.92 Å². The average Bonchev–Trinajstić information content (AvgIpc) is 2.68. The Kier molecular flexibility index (Phi) is 8.00. The lowest BCUT2D eigenvalue weighted by Crippen LogP contribution is -2.35. The van der Waals surface area contributed by atoms with E-state index >= 15 is 0 Å². The first kappa shape index (κ1) is 17.9. The smallest absolute Gasteiger partial charge is 0.0847 e. The average molecular weight is 318 g/mol. The Balaban J connectivity index is 2.77. The van der Waals surface area contributed by atoms with Gasteiger partial charge in [-0.05, 0) is 32.1 Å². The molecular weight excluding hydrogens is 290 g/mol. The highest BCUT2D eigenvalue weighted by molar-refractivity contribution is 7.99. The standard InChI is InChI=1S/C15H28ClN3S/c1-6-8-17-13(10-20-11(3)4)9-14-15(16)12(5)18-19(14)7-2/h11,13,17H,6-10H2,1-5H3. The molecule has 1 aromatic heterocycles. The Morgan fingerprint density at radius 2 is 2.05 bits per heavy atom. The molecule has 0 saturated carbocycles. The van der Waals surface area contributed by atoms with Crippen LogP contribution in [0.15, 0.2) is 0 Å². The molecule has 1 rings (SSSR count). The van der Waals surface area contributed by atoms with E-state index in [4.69, 9.17) is 11.6 Å². The molecular formula is C15H28ClN3S. The fourth-order valence-electron chi connectivity index (χ4n) is 2.14. The van der Waals surface area contributed by atoms with Gasteiger partial charge in [0.05, 0.1) is 16.4 Å². The quantitative estimate of drug-likeness (QED) is 0.748. The normalized spacial score (nSPS) is 13.2. The molecule has 1 atom stereocenters. The maximum atomic E-state index is 6.42. The van der Waals surface area contributed by atoms with Gasteiger partial charge in [-0.2, -0.15) is 16.9 Å². The Morgan fingerprint density at radius 3 is 2.60 bits per heavy atom. The molecule has 3 nitrogen and oxygen atoms in total. The second kappa shape index (κ2) is 8.96. The summed E-state index contributed by atoms with van der Waals surface area (Å²) in [4.78, 5) is 0. The van der Waals surface area contributed by atoms with E-state index in [1.807, 2.05) is 23.4 Å². The van der Waals surface area contributed by atoms with E-state index in [9.17, 15) is 0 Å². The Labute approximate surface area is 132 Å². The second-order valence-corrected chi connectivity index (χ2v) is 7.39. The molecule has 0 aromatic carbocycles. The molecule has 0 bridgehead atoms. The summed E-state index contributed by atoms with van der Waals surface area (Å²) in [7, 11) is 0. The molecule has 1 heterocycles. The minimum absolute atomic E-state index is 0.459. The monoisotopic (exact) mass is 317 g/mol. The topological polar surface area (TPSA) is 29.9 Å². The number of hydrogen-bond acceptors (Lipinski definition) is 3. The number of nitrogens with zero attached hydrogens (tertiary/aromatic N) is 2. The number of halogens is 1. The number of rotatable bonds is 9.